The number of ether oxygens (including phenoxy) is 1. The summed E-state index contributed by atoms with van der Waals surface area (Å²) in [6, 6.07) is 8.08. The summed E-state index contributed by atoms with van der Waals surface area (Å²) in [6.45, 7) is 4.62. The van der Waals surface area contributed by atoms with E-state index in [1.54, 1.807) is 18.0 Å². The van der Waals surface area contributed by atoms with Crippen LogP contribution in [0.15, 0.2) is 30.5 Å². The maximum atomic E-state index is 5.20. The molecule has 0 amide bonds. The fourth-order valence-corrected chi connectivity index (χ4v) is 2.66. The molecule has 7 heteroatoms. The zero-order valence-electron chi connectivity index (χ0n) is 14.9. The number of nitrogens with zero attached hydrogens (tertiary/aromatic N) is 5. The Morgan fingerprint density at radius 3 is 2.32 bits per heavy atom. The summed E-state index contributed by atoms with van der Waals surface area (Å²) in [6.07, 6.45) is 2.53. The minimum absolute atomic E-state index is 0.584. The molecule has 0 aliphatic carbocycles. The van der Waals surface area contributed by atoms with Crippen molar-refractivity contribution in [1.29, 1.82) is 0 Å². The van der Waals surface area contributed by atoms with E-state index in [4.69, 9.17) is 4.74 Å². The zero-order chi connectivity index (χ0) is 17.8. The number of hydrogen-bond acceptors (Lipinski definition) is 6. The molecule has 1 N–H and O–H groups in total. The zero-order valence-corrected chi connectivity index (χ0v) is 14.9. The molecular weight excluding hydrogens is 316 g/mol. The summed E-state index contributed by atoms with van der Waals surface area (Å²) in [5.74, 6) is 1.48. The summed E-state index contributed by atoms with van der Waals surface area (Å²) in [7, 11) is 3.53. The first-order chi connectivity index (χ1) is 12.1. The molecule has 130 valence electrons. The summed E-state index contributed by atoms with van der Waals surface area (Å²) >= 11 is 0. The standard InChI is InChI=1S/C18H22N6O/c1-12-17(9-14-5-7-16(25-4)8-6-14)13(2)22-18(21-12)19-10-15-11-20-23-24(15)3/h5-8,11H,9-10H2,1-4H3,(H,19,21,22). The third-order valence-electron chi connectivity index (χ3n) is 4.20. The highest BCUT2D eigenvalue weighted by Gasteiger charge is 2.10. The molecule has 0 aliphatic heterocycles. The molecule has 7 nitrogen and oxygen atoms in total. The van der Waals surface area contributed by atoms with Crippen molar-refractivity contribution in [2.75, 3.05) is 12.4 Å². The second kappa shape index (κ2) is 7.29. The van der Waals surface area contributed by atoms with Gasteiger partial charge in [-0.1, -0.05) is 17.3 Å². The quantitative estimate of drug-likeness (QED) is 0.744. The van der Waals surface area contributed by atoms with Crippen LogP contribution in [0.4, 0.5) is 5.95 Å². The lowest BCUT2D eigenvalue weighted by Crippen LogP contribution is -2.10. The molecule has 3 rings (SSSR count). The van der Waals surface area contributed by atoms with Gasteiger partial charge in [0.05, 0.1) is 25.5 Å². The summed E-state index contributed by atoms with van der Waals surface area (Å²) in [5.41, 5.74) is 5.29. The van der Waals surface area contributed by atoms with Gasteiger partial charge in [-0.3, -0.25) is 4.68 Å². The first kappa shape index (κ1) is 16.9. The fourth-order valence-electron chi connectivity index (χ4n) is 2.66. The molecule has 2 aromatic heterocycles. The maximum Gasteiger partial charge on any atom is 0.223 e. The van der Waals surface area contributed by atoms with Gasteiger partial charge in [-0.25, -0.2) is 9.97 Å². The molecule has 0 saturated carbocycles. The first-order valence-corrected chi connectivity index (χ1v) is 8.11. The van der Waals surface area contributed by atoms with Crippen LogP contribution in [0.1, 0.15) is 28.2 Å². The minimum Gasteiger partial charge on any atom is -0.497 e. The highest BCUT2D eigenvalue weighted by molar-refractivity contribution is 5.38. The van der Waals surface area contributed by atoms with Crippen LogP contribution in [0.2, 0.25) is 0 Å². The normalized spacial score (nSPS) is 10.7. The predicted octanol–water partition coefficient (Wildman–Crippen LogP) is 2.43. The Balaban J connectivity index is 1.74. The lowest BCUT2D eigenvalue weighted by atomic mass is 10.0. The predicted molar refractivity (Wildman–Crippen MR) is 95.6 cm³/mol. The van der Waals surface area contributed by atoms with Crippen molar-refractivity contribution < 1.29 is 4.74 Å². The summed E-state index contributed by atoms with van der Waals surface area (Å²) in [4.78, 5) is 9.19. The number of aryl methyl sites for hydroxylation is 3. The number of anilines is 1. The Morgan fingerprint density at radius 1 is 1.08 bits per heavy atom. The lowest BCUT2D eigenvalue weighted by molar-refractivity contribution is 0.414. The second-order valence-electron chi connectivity index (χ2n) is 5.92. The van der Waals surface area contributed by atoms with E-state index in [0.29, 0.717) is 12.5 Å². The van der Waals surface area contributed by atoms with E-state index in [9.17, 15) is 0 Å². The van der Waals surface area contributed by atoms with Gasteiger partial charge in [0.15, 0.2) is 0 Å². The van der Waals surface area contributed by atoms with E-state index in [0.717, 1.165) is 34.8 Å². The molecule has 1 aromatic carbocycles. The van der Waals surface area contributed by atoms with Crippen LogP contribution >= 0.6 is 0 Å². The Kier molecular flexibility index (Phi) is 4.92. The van der Waals surface area contributed by atoms with Crippen molar-refractivity contribution in [2.45, 2.75) is 26.8 Å². The Bertz CT molecular complexity index is 833. The number of hydrogen-bond donors (Lipinski definition) is 1. The number of nitrogens with one attached hydrogen (secondary N) is 1. The van der Waals surface area contributed by atoms with E-state index >= 15 is 0 Å². The van der Waals surface area contributed by atoms with Crippen LogP contribution in [-0.2, 0) is 20.0 Å². The van der Waals surface area contributed by atoms with Crippen LogP contribution in [0, 0.1) is 13.8 Å². The Hall–Kier alpha value is -2.96. The van der Waals surface area contributed by atoms with Gasteiger partial charge in [-0.05, 0) is 37.1 Å². The molecule has 2 heterocycles. The number of rotatable bonds is 6. The van der Waals surface area contributed by atoms with Crippen molar-refractivity contribution >= 4 is 5.95 Å². The number of benzene rings is 1. The van der Waals surface area contributed by atoms with Crippen molar-refractivity contribution in [2.24, 2.45) is 7.05 Å². The molecule has 0 fully saturated rings. The molecule has 0 spiro atoms. The average Bonchev–Trinajstić information content (AvgIpc) is 3.02. The first-order valence-electron chi connectivity index (χ1n) is 8.11. The van der Waals surface area contributed by atoms with Gasteiger partial charge in [-0.15, -0.1) is 5.10 Å². The van der Waals surface area contributed by atoms with E-state index in [1.165, 1.54) is 5.56 Å². The molecule has 0 atom stereocenters. The average molecular weight is 338 g/mol. The maximum absolute atomic E-state index is 5.20. The smallest absolute Gasteiger partial charge is 0.223 e. The van der Waals surface area contributed by atoms with Crippen LogP contribution in [0.5, 0.6) is 5.75 Å². The SMILES string of the molecule is COc1ccc(Cc2c(C)nc(NCc3cnnn3C)nc2C)cc1. The number of aromatic nitrogens is 5. The van der Waals surface area contributed by atoms with E-state index in [-0.39, 0.29) is 0 Å². The van der Waals surface area contributed by atoms with E-state index in [2.05, 4.69) is 37.7 Å². The van der Waals surface area contributed by atoms with Crippen LogP contribution in [-0.4, -0.2) is 32.1 Å². The van der Waals surface area contributed by atoms with Gasteiger partial charge >= 0.3 is 0 Å². The third-order valence-corrected chi connectivity index (χ3v) is 4.20. The van der Waals surface area contributed by atoms with Gasteiger partial charge in [-0.2, -0.15) is 0 Å². The molecule has 0 saturated heterocycles. The highest BCUT2D eigenvalue weighted by atomic mass is 16.5. The molecule has 0 unspecified atom stereocenters. The van der Waals surface area contributed by atoms with Gasteiger partial charge in [0, 0.05) is 24.9 Å². The van der Waals surface area contributed by atoms with Gasteiger partial charge in [0.1, 0.15) is 5.75 Å². The third kappa shape index (κ3) is 3.93. The fraction of sp³-hybridized carbons (Fsp3) is 0.333. The van der Waals surface area contributed by atoms with Crippen molar-refractivity contribution in [3.8, 4) is 5.75 Å². The molecule has 0 radical (unpaired) electrons. The number of methoxy groups -OCH3 is 1. The Morgan fingerprint density at radius 2 is 1.76 bits per heavy atom. The minimum atomic E-state index is 0.584. The van der Waals surface area contributed by atoms with Crippen molar-refractivity contribution in [1.82, 2.24) is 25.0 Å². The molecule has 25 heavy (non-hydrogen) atoms. The van der Waals surface area contributed by atoms with Gasteiger partial charge in [0.2, 0.25) is 5.95 Å². The monoisotopic (exact) mass is 338 g/mol. The Labute approximate surface area is 147 Å². The summed E-state index contributed by atoms with van der Waals surface area (Å²) < 4.78 is 6.93. The van der Waals surface area contributed by atoms with E-state index in [1.807, 2.05) is 33.0 Å². The van der Waals surface area contributed by atoms with Gasteiger partial charge < -0.3 is 10.1 Å². The molecule has 0 aliphatic rings. The second-order valence-corrected chi connectivity index (χ2v) is 5.92. The molecule has 3 aromatic rings. The van der Waals surface area contributed by atoms with Crippen molar-refractivity contribution in [3.63, 3.8) is 0 Å². The van der Waals surface area contributed by atoms with Crippen LogP contribution < -0.4 is 10.1 Å². The van der Waals surface area contributed by atoms with E-state index < -0.39 is 0 Å². The van der Waals surface area contributed by atoms with Crippen LogP contribution in [0.25, 0.3) is 0 Å². The van der Waals surface area contributed by atoms with Gasteiger partial charge in [0.25, 0.3) is 0 Å². The van der Waals surface area contributed by atoms with Crippen LogP contribution in [0.3, 0.4) is 0 Å². The highest BCUT2D eigenvalue weighted by Crippen LogP contribution is 2.19. The lowest BCUT2D eigenvalue weighted by Gasteiger charge is -2.12. The van der Waals surface area contributed by atoms with Crippen molar-refractivity contribution in [3.05, 3.63) is 58.7 Å². The topological polar surface area (TPSA) is 77.8 Å². The summed E-state index contributed by atoms with van der Waals surface area (Å²) in [5, 5.41) is 11.0. The largest absolute Gasteiger partial charge is 0.497 e. The molecule has 0 bridgehead atoms. The molecular formula is C18H22N6O.